The number of H-pyrrole nitrogens is 1. The van der Waals surface area contributed by atoms with Gasteiger partial charge in [0.25, 0.3) is 0 Å². The first-order valence-corrected chi connectivity index (χ1v) is 7.86. The van der Waals surface area contributed by atoms with Crippen LogP contribution in [0.1, 0.15) is 16.7 Å². The van der Waals surface area contributed by atoms with Crippen molar-refractivity contribution in [2.75, 3.05) is 19.5 Å². The van der Waals surface area contributed by atoms with Crippen molar-refractivity contribution in [2.45, 2.75) is 13.3 Å². The fourth-order valence-corrected chi connectivity index (χ4v) is 3.25. The summed E-state index contributed by atoms with van der Waals surface area (Å²) in [5, 5.41) is 11.0. The number of aromatic amines is 1. The molecule has 2 N–H and O–H groups in total. The lowest BCUT2D eigenvalue weighted by Crippen LogP contribution is -1.98. The SMILES string of the molecule is COc1ccc(OC)c(Nc2n[nH]c3c2Cc2c(C)cccc2-3)c1. The van der Waals surface area contributed by atoms with E-state index in [9.17, 15) is 0 Å². The van der Waals surface area contributed by atoms with Gasteiger partial charge in [0.05, 0.1) is 25.6 Å². The molecule has 2 aromatic carbocycles. The molecule has 0 fully saturated rings. The number of aromatic nitrogens is 2. The molecule has 3 aromatic rings. The number of hydrogen-bond acceptors (Lipinski definition) is 4. The van der Waals surface area contributed by atoms with Gasteiger partial charge in [0.1, 0.15) is 11.5 Å². The standard InChI is InChI=1S/C19H19N3O2/c1-11-5-4-6-13-14(11)10-15-18(13)21-22-19(15)20-16-9-12(23-2)7-8-17(16)24-3/h4-9H,10H2,1-3H3,(H2,20,21,22). The predicted octanol–water partition coefficient (Wildman–Crippen LogP) is 4.05. The molecule has 1 aliphatic rings. The van der Waals surface area contributed by atoms with E-state index in [0.29, 0.717) is 0 Å². The van der Waals surface area contributed by atoms with E-state index >= 15 is 0 Å². The summed E-state index contributed by atoms with van der Waals surface area (Å²) in [4.78, 5) is 0. The van der Waals surface area contributed by atoms with Crippen LogP contribution in [-0.4, -0.2) is 24.4 Å². The average molecular weight is 321 g/mol. The van der Waals surface area contributed by atoms with Gasteiger partial charge in [-0.1, -0.05) is 18.2 Å². The molecule has 1 heterocycles. The molecule has 0 saturated heterocycles. The van der Waals surface area contributed by atoms with Gasteiger partial charge in [0.15, 0.2) is 5.82 Å². The van der Waals surface area contributed by atoms with Crippen molar-refractivity contribution in [1.29, 1.82) is 0 Å². The maximum atomic E-state index is 5.44. The number of hydrogen-bond donors (Lipinski definition) is 2. The van der Waals surface area contributed by atoms with Crippen LogP contribution in [0.15, 0.2) is 36.4 Å². The second kappa shape index (κ2) is 5.60. The number of fused-ring (bicyclic) bond motifs is 3. The molecule has 122 valence electrons. The van der Waals surface area contributed by atoms with E-state index < -0.39 is 0 Å². The van der Waals surface area contributed by atoms with E-state index in [1.165, 1.54) is 22.3 Å². The predicted molar refractivity (Wildman–Crippen MR) is 94.4 cm³/mol. The van der Waals surface area contributed by atoms with Gasteiger partial charge in [-0.05, 0) is 30.2 Å². The number of benzene rings is 2. The van der Waals surface area contributed by atoms with E-state index in [2.05, 4.69) is 40.6 Å². The Labute approximate surface area is 140 Å². The van der Waals surface area contributed by atoms with E-state index in [0.717, 1.165) is 35.1 Å². The van der Waals surface area contributed by atoms with Crippen molar-refractivity contribution < 1.29 is 9.47 Å². The third-order valence-electron chi connectivity index (χ3n) is 4.56. The van der Waals surface area contributed by atoms with Gasteiger partial charge in [-0.3, -0.25) is 5.10 Å². The van der Waals surface area contributed by atoms with Crippen molar-refractivity contribution >= 4 is 11.5 Å². The summed E-state index contributed by atoms with van der Waals surface area (Å²) in [5.74, 6) is 2.34. The first-order chi connectivity index (χ1) is 11.7. The second-order valence-electron chi connectivity index (χ2n) is 5.89. The monoisotopic (exact) mass is 321 g/mol. The van der Waals surface area contributed by atoms with Gasteiger partial charge in [0, 0.05) is 23.6 Å². The van der Waals surface area contributed by atoms with Crippen LogP contribution in [0.4, 0.5) is 11.5 Å². The number of nitrogens with zero attached hydrogens (tertiary/aromatic N) is 1. The van der Waals surface area contributed by atoms with Crippen LogP contribution in [0.5, 0.6) is 11.5 Å². The van der Waals surface area contributed by atoms with Gasteiger partial charge in [-0.15, -0.1) is 0 Å². The third-order valence-corrected chi connectivity index (χ3v) is 4.56. The van der Waals surface area contributed by atoms with Gasteiger partial charge in [0.2, 0.25) is 0 Å². The van der Waals surface area contributed by atoms with E-state index in [4.69, 9.17) is 9.47 Å². The molecule has 5 heteroatoms. The van der Waals surface area contributed by atoms with Crippen molar-refractivity contribution in [3.8, 4) is 22.8 Å². The number of aryl methyl sites for hydroxylation is 1. The number of anilines is 2. The van der Waals surface area contributed by atoms with Crippen LogP contribution < -0.4 is 14.8 Å². The molecule has 0 amide bonds. The van der Waals surface area contributed by atoms with Crippen molar-refractivity contribution in [1.82, 2.24) is 10.2 Å². The Balaban J connectivity index is 1.72. The Bertz CT molecular complexity index is 915. The summed E-state index contributed by atoms with van der Waals surface area (Å²) in [6.07, 6.45) is 0.877. The van der Waals surface area contributed by atoms with Crippen LogP contribution >= 0.6 is 0 Å². The summed E-state index contributed by atoms with van der Waals surface area (Å²) in [6, 6.07) is 12.0. The molecule has 0 radical (unpaired) electrons. The molecular weight excluding hydrogens is 302 g/mol. The molecule has 0 aliphatic heterocycles. The average Bonchev–Trinajstić information content (AvgIpc) is 3.16. The van der Waals surface area contributed by atoms with Crippen LogP contribution in [-0.2, 0) is 6.42 Å². The minimum absolute atomic E-state index is 0.749. The van der Waals surface area contributed by atoms with Gasteiger partial charge >= 0.3 is 0 Å². The molecule has 5 nitrogen and oxygen atoms in total. The minimum Gasteiger partial charge on any atom is -0.497 e. The smallest absolute Gasteiger partial charge is 0.156 e. The molecular formula is C19H19N3O2. The summed E-state index contributed by atoms with van der Waals surface area (Å²) in [5.41, 5.74) is 7.02. The van der Waals surface area contributed by atoms with Gasteiger partial charge in [-0.25, -0.2) is 0 Å². The number of nitrogens with one attached hydrogen (secondary N) is 2. The second-order valence-corrected chi connectivity index (χ2v) is 5.89. The van der Waals surface area contributed by atoms with Crippen molar-refractivity contribution in [2.24, 2.45) is 0 Å². The molecule has 0 spiro atoms. The van der Waals surface area contributed by atoms with Crippen molar-refractivity contribution in [3.05, 3.63) is 53.1 Å². The summed E-state index contributed by atoms with van der Waals surface area (Å²) in [7, 11) is 3.30. The lowest BCUT2D eigenvalue weighted by Gasteiger charge is -2.12. The number of ether oxygens (including phenoxy) is 2. The van der Waals surface area contributed by atoms with E-state index in [-0.39, 0.29) is 0 Å². The molecule has 0 atom stereocenters. The number of methoxy groups -OCH3 is 2. The maximum absolute atomic E-state index is 5.44. The molecule has 0 unspecified atom stereocenters. The number of rotatable bonds is 4. The van der Waals surface area contributed by atoms with E-state index in [1.807, 2.05) is 18.2 Å². The first kappa shape index (κ1) is 14.6. The zero-order valence-electron chi connectivity index (χ0n) is 13.9. The highest BCUT2D eigenvalue weighted by molar-refractivity contribution is 5.81. The van der Waals surface area contributed by atoms with Crippen LogP contribution in [0, 0.1) is 6.92 Å². The van der Waals surface area contributed by atoms with E-state index in [1.54, 1.807) is 14.2 Å². The third kappa shape index (κ3) is 2.21. The highest BCUT2D eigenvalue weighted by Gasteiger charge is 2.25. The summed E-state index contributed by atoms with van der Waals surface area (Å²) >= 11 is 0. The van der Waals surface area contributed by atoms with Gasteiger partial charge < -0.3 is 14.8 Å². The normalized spacial score (nSPS) is 11.8. The minimum atomic E-state index is 0.749. The zero-order chi connectivity index (χ0) is 16.7. The fourth-order valence-electron chi connectivity index (χ4n) is 3.25. The Morgan fingerprint density at radius 3 is 2.75 bits per heavy atom. The van der Waals surface area contributed by atoms with Crippen LogP contribution in [0.3, 0.4) is 0 Å². The highest BCUT2D eigenvalue weighted by atomic mass is 16.5. The van der Waals surface area contributed by atoms with Crippen LogP contribution in [0.25, 0.3) is 11.3 Å². The Hall–Kier alpha value is -2.95. The Morgan fingerprint density at radius 2 is 1.96 bits per heavy atom. The van der Waals surface area contributed by atoms with Gasteiger partial charge in [-0.2, -0.15) is 5.10 Å². The van der Waals surface area contributed by atoms with Crippen LogP contribution in [0.2, 0.25) is 0 Å². The highest BCUT2D eigenvalue weighted by Crippen LogP contribution is 2.41. The largest absolute Gasteiger partial charge is 0.497 e. The lowest BCUT2D eigenvalue weighted by atomic mass is 10.0. The fraction of sp³-hybridized carbons (Fsp3) is 0.211. The molecule has 4 rings (SSSR count). The first-order valence-electron chi connectivity index (χ1n) is 7.86. The lowest BCUT2D eigenvalue weighted by molar-refractivity contribution is 0.405. The maximum Gasteiger partial charge on any atom is 0.156 e. The molecule has 1 aromatic heterocycles. The zero-order valence-corrected chi connectivity index (χ0v) is 13.9. The Morgan fingerprint density at radius 1 is 1.08 bits per heavy atom. The molecule has 24 heavy (non-hydrogen) atoms. The molecule has 0 saturated carbocycles. The summed E-state index contributed by atoms with van der Waals surface area (Å²) in [6.45, 7) is 2.15. The molecule has 1 aliphatic carbocycles. The molecule has 0 bridgehead atoms. The quantitative estimate of drug-likeness (QED) is 0.595. The Kier molecular flexibility index (Phi) is 3.41. The topological polar surface area (TPSA) is 59.2 Å². The summed E-state index contributed by atoms with van der Waals surface area (Å²) < 4.78 is 10.7. The van der Waals surface area contributed by atoms with Crippen molar-refractivity contribution in [3.63, 3.8) is 0 Å².